The highest BCUT2D eigenvalue weighted by atomic mass is 16.3. The predicted molar refractivity (Wildman–Crippen MR) is 89.0 cm³/mol. The van der Waals surface area contributed by atoms with Crippen LogP contribution in [0.2, 0.25) is 0 Å². The Morgan fingerprint density at radius 3 is 2.78 bits per heavy atom. The average Bonchev–Trinajstić information content (AvgIpc) is 3.16. The molecule has 1 amide bonds. The highest BCUT2D eigenvalue weighted by Crippen LogP contribution is 2.38. The van der Waals surface area contributed by atoms with Gasteiger partial charge in [-0.2, -0.15) is 0 Å². The average molecular weight is 319 g/mol. The molecular weight excluding hydrogens is 290 g/mol. The lowest BCUT2D eigenvalue weighted by atomic mass is 9.89. The molecule has 4 heteroatoms. The van der Waals surface area contributed by atoms with Crippen LogP contribution in [0.3, 0.4) is 0 Å². The molecule has 1 saturated carbocycles. The monoisotopic (exact) mass is 319 g/mol. The Bertz CT molecular complexity index is 545. The molecule has 0 radical (unpaired) electrons. The van der Waals surface area contributed by atoms with Gasteiger partial charge in [-0.3, -0.25) is 4.79 Å². The normalized spacial score (nSPS) is 27.3. The third-order valence-electron chi connectivity index (χ3n) is 5.56. The standard InChI is InChI=1S/C19H29NO3/c1-3-15-6-7-17(23-15)16-12-14(2)8-11-20(16)18(21)13-19(22)9-4-5-10-19/h6-7,14,16,22H,3-5,8-13H2,1-2H3/t14-,16-/m0/s1. The number of aryl methyl sites for hydroxylation is 1. The van der Waals surface area contributed by atoms with Crippen LogP contribution in [0.5, 0.6) is 0 Å². The van der Waals surface area contributed by atoms with Crippen LogP contribution < -0.4 is 0 Å². The van der Waals surface area contributed by atoms with Crippen molar-refractivity contribution in [2.75, 3.05) is 6.54 Å². The maximum absolute atomic E-state index is 12.9. The van der Waals surface area contributed by atoms with Crippen molar-refractivity contribution in [2.24, 2.45) is 5.92 Å². The summed E-state index contributed by atoms with van der Waals surface area (Å²) in [4.78, 5) is 14.8. The fourth-order valence-corrected chi connectivity index (χ4v) is 4.07. The van der Waals surface area contributed by atoms with Gasteiger partial charge in [0.15, 0.2) is 0 Å². The maximum Gasteiger partial charge on any atom is 0.226 e. The van der Waals surface area contributed by atoms with E-state index in [0.717, 1.165) is 63.0 Å². The highest BCUT2D eigenvalue weighted by molar-refractivity contribution is 5.78. The fourth-order valence-electron chi connectivity index (χ4n) is 4.07. The number of amides is 1. The number of rotatable bonds is 4. The first-order chi connectivity index (χ1) is 11.0. The lowest BCUT2D eigenvalue weighted by Gasteiger charge is -2.39. The minimum atomic E-state index is -0.775. The second kappa shape index (κ2) is 6.68. The molecule has 1 aliphatic carbocycles. The summed E-state index contributed by atoms with van der Waals surface area (Å²) in [5.41, 5.74) is -0.775. The molecule has 23 heavy (non-hydrogen) atoms. The molecule has 2 atom stereocenters. The Balaban J connectivity index is 1.75. The minimum absolute atomic E-state index is 0.0246. The molecular formula is C19H29NO3. The molecule has 1 aliphatic heterocycles. The largest absolute Gasteiger partial charge is 0.464 e. The van der Waals surface area contributed by atoms with Crippen molar-refractivity contribution in [3.05, 3.63) is 23.7 Å². The van der Waals surface area contributed by atoms with Crippen LogP contribution in [0.15, 0.2) is 16.5 Å². The summed E-state index contributed by atoms with van der Waals surface area (Å²) >= 11 is 0. The highest BCUT2D eigenvalue weighted by Gasteiger charge is 2.39. The molecule has 1 saturated heterocycles. The summed E-state index contributed by atoms with van der Waals surface area (Å²) < 4.78 is 5.94. The molecule has 128 valence electrons. The van der Waals surface area contributed by atoms with Crippen LogP contribution in [-0.4, -0.2) is 28.1 Å². The summed E-state index contributed by atoms with van der Waals surface area (Å²) in [7, 11) is 0. The van der Waals surface area contributed by atoms with Crippen LogP contribution in [0, 0.1) is 5.92 Å². The van der Waals surface area contributed by atoms with E-state index in [1.165, 1.54) is 0 Å². The Morgan fingerprint density at radius 2 is 2.13 bits per heavy atom. The Labute approximate surface area is 138 Å². The molecule has 2 heterocycles. The molecule has 4 nitrogen and oxygen atoms in total. The lowest BCUT2D eigenvalue weighted by molar-refractivity contribution is -0.141. The topological polar surface area (TPSA) is 53.7 Å². The summed E-state index contributed by atoms with van der Waals surface area (Å²) in [6, 6.07) is 4.06. The third kappa shape index (κ3) is 3.63. The first kappa shape index (κ1) is 16.6. The van der Waals surface area contributed by atoms with Crippen molar-refractivity contribution in [3.63, 3.8) is 0 Å². The first-order valence-electron chi connectivity index (χ1n) is 9.11. The molecule has 1 aromatic rings. The van der Waals surface area contributed by atoms with Gasteiger partial charge in [0.1, 0.15) is 11.5 Å². The van der Waals surface area contributed by atoms with Crippen LogP contribution in [0.4, 0.5) is 0 Å². The number of carbonyl (C=O) groups is 1. The summed E-state index contributed by atoms with van der Waals surface area (Å²) in [5, 5.41) is 10.6. The van der Waals surface area contributed by atoms with Crippen LogP contribution in [0.1, 0.15) is 76.4 Å². The number of nitrogens with zero attached hydrogens (tertiary/aromatic N) is 1. The summed E-state index contributed by atoms with van der Waals surface area (Å²) in [6.45, 7) is 5.08. The Hall–Kier alpha value is -1.29. The molecule has 3 rings (SSSR count). The quantitative estimate of drug-likeness (QED) is 0.917. The van der Waals surface area contributed by atoms with Gasteiger partial charge in [-0.05, 0) is 43.7 Å². The number of carbonyl (C=O) groups excluding carboxylic acids is 1. The van der Waals surface area contributed by atoms with Gasteiger partial charge >= 0.3 is 0 Å². The number of likely N-dealkylation sites (tertiary alicyclic amines) is 1. The predicted octanol–water partition coefficient (Wildman–Crippen LogP) is 3.84. The Morgan fingerprint density at radius 1 is 1.39 bits per heavy atom. The van der Waals surface area contributed by atoms with Crippen LogP contribution >= 0.6 is 0 Å². The van der Waals surface area contributed by atoms with Crippen LogP contribution in [-0.2, 0) is 11.2 Å². The molecule has 2 fully saturated rings. The van der Waals surface area contributed by atoms with Gasteiger partial charge in [-0.25, -0.2) is 0 Å². The van der Waals surface area contributed by atoms with Gasteiger partial charge in [0.2, 0.25) is 5.91 Å². The number of hydrogen-bond donors (Lipinski definition) is 1. The second-order valence-electron chi connectivity index (χ2n) is 7.50. The number of hydrogen-bond acceptors (Lipinski definition) is 3. The van der Waals surface area contributed by atoms with Gasteiger partial charge in [-0.1, -0.05) is 26.7 Å². The number of aliphatic hydroxyl groups is 1. The zero-order valence-corrected chi connectivity index (χ0v) is 14.4. The molecule has 0 bridgehead atoms. The van der Waals surface area contributed by atoms with E-state index in [2.05, 4.69) is 13.8 Å². The van der Waals surface area contributed by atoms with Gasteiger partial charge in [0.25, 0.3) is 0 Å². The summed E-state index contributed by atoms with van der Waals surface area (Å²) in [5.74, 6) is 2.55. The van der Waals surface area contributed by atoms with E-state index in [1.54, 1.807) is 0 Å². The van der Waals surface area contributed by atoms with Crippen molar-refractivity contribution >= 4 is 5.91 Å². The van der Waals surface area contributed by atoms with Crippen molar-refractivity contribution < 1.29 is 14.3 Å². The number of piperidine rings is 1. The van der Waals surface area contributed by atoms with E-state index in [9.17, 15) is 9.90 Å². The van der Waals surface area contributed by atoms with Gasteiger partial charge in [0.05, 0.1) is 18.1 Å². The second-order valence-corrected chi connectivity index (χ2v) is 7.50. The van der Waals surface area contributed by atoms with Gasteiger partial charge in [0, 0.05) is 13.0 Å². The molecule has 1 N–H and O–H groups in total. The van der Waals surface area contributed by atoms with E-state index in [1.807, 2.05) is 17.0 Å². The van der Waals surface area contributed by atoms with Crippen LogP contribution in [0.25, 0.3) is 0 Å². The Kier molecular flexibility index (Phi) is 4.81. The lowest BCUT2D eigenvalue weighted by Crippen LogP contribution is -2.43. The molecule has 0 spiro atoms. The zero-order valence-electron chi connectivity index (χ0n) is 14.4. The van der Waals surface area contributed by atoms with Crippen molar-refractivity contribution in [2.45, 2.75) is 76.9 Å². The van der Waals surface area contributed by atoms with E-state index in [0.29, 0.717) is 5.92 Å². The van der Waals surface area contributed by atoms with E-state index in [4.69, 9.17) is 4.42 Å². The number of furan rings is 1. The van der Waals surface area contributed by atoms with E-state index < -0.39 is 5.60 Å². The maximum atomic E-state index is 12.9. The molecule has 0 unspecified atom stereocenters. The van der Waals surface area contributed by atoms with Gasteiger partial charge in [-0.15, -0.1) is 0 Å². The van der Waals surface area contributed by atoms with Crippen molar-refractivity contribution in [1.29, 1.82) is 0 Å². The third-order valence-corrected chi connectivity index (χ3v) is 5.56. The first-order valence-corrected chi connectivity index (χ1v) is 9.11. The molecule has 2 aliphatic rings. The minimum Gasteiger partial charge on any atom is -0.464 e. The van der Waals surface area contributed by atoms with Crippen molar-refractivity contribution in [3.8, 4) is 0 Å². The zero-order chi connectivity index (χ0) is 16.4. The molecule has 1 aromatic heterocycles. The summed E-state index contributed by atoms with van der Waals surface area (Å²) in [6.07, 6.45) is 6.69. The SMILES string of the molecule is CCc1ccc([C@@H]2C[C@@H](C)CCN2C(=O)CC2(O)CCCC2)o1. The molecule has 0 aromatic carbocycles. The smallest absolute Gasteiger partial charge is 0.226 e. The van der Waals surface area contributed by atoms with Crippen molar-refractivity contribution in [1.82, 2.24) is 4.90 Å². The van der Waals surface area contributed by atoms with E-state index in [-0.39, 0.29) is 18.4 Å². The fraction of sp³-hybridized carbons (Fsp3) is 0.737. The van der Waals surface area contributed by atoms with E-state index >= 15 is 0 Å². The van der Waals surface area contributed by atoms with Gasteiger partial charge < -0.3 is 14.4 Å².